The van der Waals surface area contributed by atoms with Crippen molar-refractivity contribution >= 4 is 40.8 Å². The highest BCUT2D eigenvalue weighted by Gasteiger charge is 2.25. The second-order valence-corrected chi connectivity index (χ2v) is 6.55. The molecule has 2 aromatic carbocycles. The van der Waals surface area contributed by atoms with Gasteiger partial charge < -0.3 is 19.7 Å². The van der Waals surface area contributed by atoms with Crippen molar-refractivity contribution in [3.63, 3.8) is 0 Å². The van der Waals surface area contributed by atoms with Crippen LogP contribution < -0.4 is 15.0 Å². The van der Waals surface area contributed by atoms with Gasteiger partial charge in [-0.25, -0.2) is 4.79 Å². The number of esters is 1. The third kappa shape index (κ3) is 4.43. The normalized spacial score (nSPS) is 13.4. The van der Waals surface area contributed by atoms with Gasteiger partial charge in [0.1, 0.15) is 5.75 Å². The van der Waals surface area contributed by atoms with Crippen LogP contribution in [0.25, 0.3) is 0 Å². The van der Waals surface area contributed by atoms with Crippen LogP contribution in [0.1, 0.15) is 23.2 Å². The first kappa shape index (κ1) is 19.7. The zero-order chi connectivity index (χ0) is 20.1. The average Bonchev–Trinajstić information content (AvgIpc) is 3.12. The maximum absolute atomic E-state index is 12.3. The lowest BCUT2D eigenvalue weighted by Gasteiger charge is -2.18. The second-order valence-electron chi connectivity index (χ2n) is 6.14. The second kappa shape index (κ2) is 8.75. The van der Waals surface area contributed by atoms with Crippen LogP contribution in [0.15, 0.2) is 42.5 Å². The van der Waals surface area contributed by atoms with E-state index in [0.29, 0.717) is 35.1 Å². The molecule has 0 spiro atoms. The fourth-order valence-electron chi connectivity index (χ4n) is 2.90. The smallest absolute Gasteiger partial charge is 0.338 e. The lowest BCUT2D eigenvalue weighted by atomic mass is 10.2. The Bertz CT molecular complexity index is 915. The van der Waals surface area contributed by atoms with E-state index in [4.69, 9.17) is 21.1 Å². The van der Waals surface area contributed by atoms with Crippen molar-refractivity contribution in [1.82, 2.24) is 0 Å². The van der Waals surface area contributed by atoms with E-state index in [9.17, 15) is 14.4 Å². The SMILES string of the molecule is COc1ccccc1NC(=O)COC(=O)c1ccc(Cl)c(N2CCCC2=O)c1. The molecule has 0 unspecified atom stereocenters. The van der Waals surface area contributed by atoms with E-state index in [1.54, 1.807) is 29.2 Å². The molecule has 1 aliphatic heterocycles. The van der Waals surface area contributed by atoms with Crippen molar-refractivity contribution < 1.29 is 23.9 Å². The topological polar surface area (TPSA) is 84.9 Å². The van der Waals surface area contributed by atoms with E-state index in [1.807, 2.05) is 0 Å². The summed E-state index contributed by atoms with van der Waals surface area (Å²) in [5.41, 5.74) is 1.16. The molecule has 3 rings (SSSR count). The standard InChI is InChI=1S/C20H19ClN2O5/c1-27-17-6-3-2-5-15(17)22-18(24)12-28-20(26)13-8-9-14(21)16(11-13)23-10-4-7-19(23)25/h2-3,5-6,8-9,11H,4,7,10,12H2,1H3,(H,22,24). The monoisotopic (exact) mass is 402 g/mol. The number of nitrogens with one attached hydrogen (secondary N) is 1. The van der Waals surface area contributed by atoms with Gasteiger partial charge in [0, 0.05) is 13.0 Å². The zero-order valence-electron chi connectivity index (χ0n) is 15.2. The Hall–Kier alpha value is -3.06. The molecule has 1 N–H and O–H groups in total. The lowest BCUT2D eigenvalue weighted by Crippen LogP contribution is -2.24. The number of hydrogen-bond acceptors (Lipinski definition) is 5. The molecule has 1 saturated heterocycles. The molecule has 8 heteroatoms. The van der Waals surface area contributed by atoms with Crippen LogP contribution >= 0.6 is 11.6 Å². The van der Waals surface area contributed by atoms with Crippen molar-refractivity contribution in [2.45, 2.75) is 12.8 Å². The van der Waals surface area contributed by atoms with Crippen LogP contribution in [0, 0.1) is 0 Å². The summed E-state index contributed by atoms with van der Waals surface area (Å²) in [5.74, 6) is -0.718. The van der Waals surface area contributed by atoms with Gasteiger partial charge in [-0.2, -0.15) is 0 Å². The zero-order valence-corrected chi connectivity index (χ0v) is 16.0. The van der Waals surface area contributed by atoms with E-state index in [-0.39, 0.29) is 11.5 Å². The van der Waals surface area contributed by atoms with Crippen LogP contribution in [-0.4, -0.2) is 38.0 Å². The van der Waals surface area contributed by atoms with Crippen LogP contribution in [0.3, 0.4) is 0 Å². The summed E-state index contributed by atoms with van der Waals surface area (Å²) < 4.78 is 10.2. The lowest BCUT2D eigenvalue weighted by molar-refractivity contribution is -0.119. The Morgan fingerprint density at radius 2 is 2.00 bits per heavy atom. The molecule has 0 saturated carbocycles. The molecule has 2 amide bonds. The Labute approximate surface area is 167 Å². The summed E-state index contributed by atoms with van der Waals surface area (Å²) in [4.78, 5) is 37.9. The highest BCUT2D eigenvalue weighted by atomic mass is 35.5. The molecule has 28 heavy (non-hydrogen) atoms. The minimum Gasteiger partial charge on any atom is -0.495 e. The summed E-state index contributed by atoms with van der Waals surface area (Å²) in [6.45, 7) is 0.0931. The van der Waals surface area contributed by atoms with Crippen molar-refractivity contribution in [3.8, 4) is 5.75 Å². The van der Waals surface area contributed by atoms with Gasteiger partial charge in [0.15, 0.2) is 6.61 Å². The van der Waals surface area contributed by atoms with Crippen LogP contribution in [-0.2, 0) is 14.3 Å². The van der Waals surface area contributed by atoms with Gasteiger partial charge in [0.05, 0.1) is 29.1 Å². The number of amides is 2. The van der Waals surface area contributed by atoms with Crippen molar-refractivity contribution in [3.05, 3.63) is 53.1 Å². The molecule has 0 bridgehead atoms. The Morgan fingerprint density at radius 3 is 2.71 bits per heavy atom. The first-order chi connectivity index (χ1) is 13.5. The van der Waals surface area contributed by atoms with E-state index < -0.39 is 18.5 Å². The fourth-order valence-corrected chi connectivity index (χ4v) is 3.12. The van der Waals surface area contributed by atoms with Crippen molar-refractivity contribution in [2.24, 2.45) is 0 Å². The Kier molecular flexibility index (Phi) is 6.16. The van der Waals surface area contributed by atoms with Gasteiger partial charge in [-0.1, -0.05) is 23.7 Å². The quantitative estimate of drug-likeness (QED) is 0.749. The third-order valence-electron chi connectivity index (χ3n) is 4.26. The predicted octanol–water partition coefficient (Wildman–Crippen LogP) is 3.27. The van der Waals surface area contributed by atoms with Gasteiger partial charge in [-0.05, 0) is 36.8 Å². The maximum Gasteiger partial charge on any atom is 0.338 e. The first-order valence-corrected chi connectivity index (χ1v) is 9.07. The Balaban J connectivity index is 1.63. The van der Waals surface area contributed by atoms with E-state index in [1.165, 1.54) is 25.3 Å². The molecular formula is C20H19ClN2O5. The van der Waals surface area contributed by atoms with Gasteiger partial charge in [-0.15, -0.1) is 0 Å². The number of ether oxygens (including phenoxy) is 2. The highest BCUT2D eigenvalue weighted by molar-refractivity contribution is 6.34. The molecule has 1 heterocycles. The summed E-state index contributed by atoms with van der Waals surface area (Å²) in [6, 6.07) is 11.4. The fraction of sp³-hybridized carbons (Fsp3) is 0.250. The molecule has 0 aliphatic carbocycles. The number of benzene rings is 2. The highest BCUT2D eigenvalue weighted by Crippen LogP contribution is 2.30. The van der Waals surface area contributed by atoms with Gasteiger partial charge >= 0.3 is 5.97 Å². The molecule has 7 nitrogen and oxygen atoms in total. The number of anilines is 2. The predicted molar refractivity (Wildman–Crippen MR) is 105 cm³/mol. The Morgan fingerprint density at radius 1 is 1.21 bits per heavy atom. The number of hydrogen-bond donors (Lipinski definition) is 1. The molecule has 1 aliphatic rings. The number of rotatable bonds is 6. The van der Waals surface area contributed by atoms with E-state index in [0.717, 1.165) is 6.42 Å². The molecule has 146 valence electrons. The maximum atomic E-state index is 12.3. The van der Waals surface area contributed by atoms with Gasteiger partial charge in [-0.3, -0.25) is 9.59 Å². The average molecular weight is 403 g/mol. The number of carbonyl (C=O) groups is 3. The summed E-state index contributed by atoms with van der Waals surface area (Å²) >= 11 is 6.17. The number of halogens is 1. The summed E-state index contributed by atoms with van der Waals surface area (Å²) in [6.07, 6.45) is 1.20. The molecule has 0 atom stereocenters. The summed E-state index contributed by atoms with van der Waals surface area (Å²) in [5, 5.41) is 3.00. The van der Waals surface area contributed by atoms with Crippen molar-refractivity contribution in [2.75, 3.05) is 30.5 Å². The minimum absolute atomic E-state index is 0.0383. The largest absolute Gasteiger partial charge is 0.495 e. The molecular weight excluding hydrogens is 384 g/mol. The van der Waals surface area contributed by atoms with Crippen LogP contribution in [0.4, 0.5) is 11.4 Å². The van der Waals surface area contributed by atoms with Crippen molar-refractivity contribution in [1.29, 1.82) is 0 Å². The molecule has 2 aromatic rings. The number of carbonyl (C=O) groups excluding carboxylic acids is 3. The number of methoxy groups -OCH3 is 1. The first-order valence-electron chi connectivity index (χ1n) is 8.69. The molecule has 0 aromatic heterocycles. The number of para-hydroxylation sites is 2. The van der Waals surface area contributed by atoms with E-state index in [2.05, 4.69) is 5.32 Å². The number of nitrogens with zero attached hydrogens (tertiary/aromatic N) is 1. The minimum atomic E-state index is -0.681. The van der Waals surface area contributed by atoms with Gasteiger partial charge in [0.2, 0.25) is 5.91 Å². The molecule has 0 radical (unpaired) electrons. The summed E-state index contributed by atoms with van der Waals surface area (Å²) in [7, 11) is 1.49. The van der Waals surface area contributed by atoms with E-state index >= 15 is 0 Å². The van der Waals surface area contributed by atoms with Crippen LogP contribution in [0.5, 0.6) is 5.75 Å². The molecule has 1 fully saturated rings. The van der Waals surface area contributed by atoms with Crippen LogP contribution in [0.2, 0.25) is 5.02 Å². The third-order valence-corrected chi connectivity index (χ3v) is 4.58. The van der Waals surface area contributed by atoms with Gasteiger partial charge in [0.25, 0.3) is 5.91 Å².